The minimum Gasteiger partial charge on any atom is -0.382 e. The molecule has 3 heterocycles. The summed E-state index contributed by atoms with van der Waals surface area (Å²) >= 11 is 6.12. The second-order valence-electron chi connectivity index (χ2n) is 6.71. The molecule has 0 saturated carbocycles. The number of amides is 1. The van der Waals surface area contributed by atoms with Crippen molar-refractivity contribution in [3.63, 3.8) is 0 Å². The van der Waals surface area contributed by atoms with E-state index in [9.17, 15) is 9.59 Å². The maximum Gasteiger partial charge on any atom is 0.276 e. The van der Waals surface area contributed by atoms with Gasteiger partial charge >= 0.3 is 0 Å². The monoisotopic (exact) mass is 391 g/mol. The van der Waals surface area contributed by atoms with E-state index in [0.717, 1.165) is 13.0 Å². The molecule has 1 aliphatic rings. The summed E-state index contributed by atoms with van der Waals surface area (Å²) in [4.78, 5) is 33.5. The van der Waals surface area contributed by atoms with Gasteiger partial charge in [-0.2, -0.15) is 0 Å². The lowest BCUT2D eigenvalue weighted by molar-refractivity contribution is 0.0920. The first kappa shape index (κ1) is 19.1. The Hall–Kier alpha value is -2.65. The smallest absolute Gasteiger partial charge is 0.276 e. The molecule has 0 fully saturated rings. The fourth-order valence-corrected chi connectivity index (χ4v) is 3.47. The van der Waals surface area contributed by atoms with Crippen molar-refractivity contribution in [1.82, 2.24) is 25.2 Å². The van der Waals surface area contributed by atoms with Gasteiger partial charge in [-0.05, 0) is 51.9 Å². The molecule has 0 bridgehead atoms. The SMILES string of the molecule is CNCCC[C@]1(C)NC(=O)c2c(C)cc(Nc3ncnc(N)c3Cl)c(=O)n21. The molecule has 9 nitrogen and oxygen atoms in total. The Labute approximate surface area is 161 Å². The van der Waals surface area contributed by atoms with E-state index < -0.39 is 5.66 Å². The van der Waals surface area contributed by atoms with Crippen molar-refractivity contribution >= 4 is 34.8 Å². The van der Waals surface area contributed by atoms with Crippen LogP contribution in [-0.2, 0) is 5.66 Å². The molecule has 0 spiro atoms. The number of hydrogen-bond acceptors (Lipinski definition) is 7. The minimum atomic E-state index is -0.808. The number of carbonyl (C=O) groups excluding carboxylic acids is 1. The van der Waals surface area contributed by atoms with Gasteiger partial charge in [-0.3, -0.25) is 14.2 Å². The Morgan fingerprint density at radius 1 is 1.37 bits per heavy atom. The lowest BCUT2D eigenvalue weighted by Gasteiger charge is -2.27. The number of carbonyl (C=O) groups is 1. The molecule has 2 aromatic rings. The van der Waals surface area contributed by atoms with E-state index in [0.29, 0.717) is 17.7 Å². The highest BCUT2D eigenvalue weighted by molar-refractivity contribution is 6.35. The third kappa shape index (κ3) is 3.35. The highest BCUT2D eigenvalue weighted by atomic mass is 35.5. The van der Waals surface area contributed by atoms with Gasteiger partial charge in [0.25, 0.3) is 11.5 Å². The Morgan fingerprint density at radius 3 is 2.81 bits per heavy atom. The molecular weight excluding hydrogens is 370 g/mol. The number of nitrogens with one attached hydrogen (secondary N) is 3. The molecule has 144 valence electrons. The van der Waals surface area contributed by atoms with Gasteiger partial charge in [-0.1, -0.05) is 11.6 Å². The molecule has 3 rings (SSSR count). The molecule has 1 amide bonds. The zero-order valence-corrected chi connectivity index (χ0v) is 16.1. The van der Waals surface area contributed by atoms with Crippen LogP contribution < -0.4 is 27.2 Å². The van der Waals surface area contributed by atoms with Crippen molar-refractivity contribution in [2.45, 2.75) is 32.4 Å². The molecule has 1 atom stereocenters. The van der Waals surface area contributed by atoms with Gasteiger partial charge in [0, 0.05) is 0 Å². The average Bonchev–Trinajstić information content (AvgIpc) is 2.88. The fraction of sp³-hybridized carbons (Fsp3) is 0.412. The van der Waals surface area contributed by atoms with Gasteiger partial charge in [0.15, 0.2) is 5.82 Å². The first-order chi connectivity index (χ1) is 12.8. The van der Waals surface area contributed by atoms with Gasteiger partial charge in [0.1, 0.15) is 34.2 Å². The number of nitrogen functional groups attached to an aromatic ring is 1. The third-order valence-electron chi connectivity index (χ3n) is 4.64. The number of aromatic nitrogens is 3. The maximum atomic E-state index is 13.2. The summed E-state index contributed by atoms with van der Waals surface area (Å²) in [5.74, 6) is 0.0868. The molecule has 1 aliphatic heterocycles. The summed E-state index contributed by atoms with van der Waals surface area (Å²) in [6, 6.07) is 1.61. The Kier molecular flexibility index (Phi) is 5.07. The van der Waals surface area contributed by atoms with E-state index in [-0.39, 0.29) is 33.8 Å². The van der Waals surface area contributed by atoms with Crippen LogP contribution in [0.3, 0.4) is 0 Å². The van der Waals surface area contributed by atoms with E-state index in [4.69, 9.17) is 17.3 Å². The number of hydrogen-bond donors (Lipinski definition) is 4. The van der Waals surface area contributed by atoms with Crippen molar-refractivity contribution in [1.29, 1.82) is 0 Å². The topological polar surface area (TPSA) is 127 Å². The molecule has 0 saturated heterocycles. The third-order valence-corrected chi connectivity index (χ3v) is 5.02. The Bertz CT molecular complexity index is 959. The number of fused-ring (bicyclic) bond motifs is 1. The first-order valence-electron chi connectivity index (χ1n) is 8.55. The van der Waals surface area contributed by atoms with Gasteiger partial charge in [0.2, 0.25) is 0 Å². The first-order valence-corrected chi connectivity index (χ1v) is 8.93. The van der Waals surface area contributed by atoms with E-state index in [2.05, 4.69) is 25.9 Å². The second-order valence-corrected chi connectivity index (χ2v) is 7.09. The molecule has 27 heavy (non-hydrogen) atoms. The van der Waals surface area contributed by atoms with Crippen LogP contribution in [0.15, 0.2) is 17.2 Å². The van der Waals surface area contributed by atoms with E-state index in [1.807, 2.05) is 14.0 Å². The number of pyridine rings is 1. The summed E-state index contributed by atoms with van der Waals surface area (Å²) in [5.41, 5.74) is 5.84. The Morgan fingerprint density at radius 2 is 2.11 bits per heavy atom. The van der Waals surface area contributed by atoms with Gasteiger partial charge < -0.3 is 21.7 Å². The lowest BCUT2D eigenvalue weighted by Crippen LogP contribution is -2.45. The fourth-order valence-electron chi connectivity index (χ4n) is 3.33. The number of nitrogens with zero attached hydrogens (tertiary/aromatic N) is 3. The summed E-state index contributed by atoms with van der Waals surface area (Å²) in [6.45, 7) is 4.41. The molecule has 0 aromatic carbocycles. The molecular formula is C17H22ClN7O2. The molecule has 2 aromatic heterocycles. The van der Waals surface area contributed by atoms with Crippen molar-refractivity contribution in [2.75, 3.05) is 24.6 Å². The van der Waals surface area contributed by atoms with E-state index >= 15 is 0 Å². The quantitative estimate of drug-likeness (QED) is 0.547. The minimum absolute atomic E-state index is 0.112. The van der Waals surface area contributed by atoms with Crippen LogP contribution in [0, 0.1) is 6.92 Å². The standard InChI is InChI=1S/C17H22ClN7O2/c1-9-7-10(23-14-11(18)13(19)21-8-22-14)16(27)25-12(9)15(26)24-17(25,2)5-4-6-20-3/h7-8,20H,4-6H2,1-3H3,(H,24,26)(H3,19,21,22,23)/t17-/m1/s1. The number of aryl methyl sites for hydroxylation is 1. The molecule has 5 N–H and O–H groups in total. The summed E-state index contributed by atoms with van der Waals surface area (Å²) in [6.07, 6.45) is 2.66. The maximum absolute atomic E-state index is 13.2. The van der Waals surface area contributed by atoms with Crippen molar-refractivity contribution in [3.8, 4) is 0 Å². The summed E-state index contributed by atoms with van der Waals surface area (Å²) in [7, 11) is 1.86. The average molecular weight is 392 g/mol. The van der Waals surface area contributed by atoms with Crippen molar-refractivity contribution in [3.05, 3.63) is 39.0 Å². The molecule has 0 aliphatic carbocycles. The lowest BCUT2D eigenvalue weighted by atomic mass is 10.1. The number of halogens is 1. The van der Waals surface area contributed by atoms with Crippen LogP contribution in [0.1, 0.15) is 35.8 Å². The zero-order chi connectivity index (χ0) is 19.8. The van der Waals surface area contributed by atoms with Crippen LogP contribution in [-0.4, -0.2) is 34.0 Å². The zero-order valence-electron chi connectivity index (χ0n) is 15.4. The van der Waals surface area contributed by atoms with Gasteiger partial charge in [0.05, 0.1) is 0 Å². The predicted molar refractivity (Wildman–Crippen MR) is 104 cm³/mol. The largest absolute Gasteiger partial charge is 0.382 e. The van der Waals surface area contributed by atoms with E-state index in [1.54, 1.807) is 13.0 Å². The molecule has 0 radical (unpaired) electrons. The van der Waals surface area contributed by atoms with Crippen LogP contribution in [0.2, 0.25) is 5.02 Å². The number of nitrogens with two attached hydrogens (primary N) is 1. The summed E-state index contributed by atoms with van der Waals surface area (Å²) in [5, 5.41) is 9.07. The molecule has 10 heteroatoms. The van der Waals surface area contributed by atoms with Crippen molar-refractivity contribution in [2.24, 2.45) is 0 Å². The predicted octanol–water partition coefficient (Wildman–Crippen LogP) is 1.34. The van der Waals surface area contributed by atoms with E-state index in [1.165, 1.54) is 10.9 Å². The van der Waals surface area contributed by atoms with Gasteiger partial charge in [-0.15, -0.1) is 0 Å². The number of anilines is 3. The van der Waals surface area contributed by atoms with Gasteiger partial charge in [-0.25, -0.2) is 9.97 Å². The highest BCUT2D eigenvalue weighted by Crippen LogP contribution is 2.30. The van der Waals surface area contributed by atoms with Crippen LogP contribution >= 0.6 is 11.6 Å². The Balaban J connectivity index is 2.07. The van der Waals surface area contributed by atoms with Crippen molar-refractivity contribution < 1.29 is 4.79 Å². The van der Waals surface area contributed by atoms with Crippen LogP contribution in [0.25, 0.3) is 0 Å². The second kappa shape index (κ2) is 7.16. The van der Waals surface area contributed by atoms with Crippen LogP contribution in [0.5, 0.6) is 0 Å². The molecule has 0 unspecified atom stereocenters. The summed E-state index contributed by atoms with van der Waals surface area (Å²) < 4.78 is 1.51. The highest BCUT2D eigenvalue weighted by Gasteiger charge is 2.40. The number of rotatable bonds is 6. The van der Waals surface area contributed by atoms with Crippen LogP contribution in [0.4, 0.5) is 17.3 Å². The normalized spacial score (nSPS) is 18.3.